The topological polar surface area (TPSA) is 66.5 Å². The molecule has 0 aromatic heterocycles. The van der Waals surface area contributed by atoms with Crippen LogP contribution in [-0.4, -0.2) is 33.2 Å². The van der Waals surface area contributed by atoms with Crippen LogP contribution in [-0.2, 0) is 20.6 Å². The van der Waals surface area contributed by atoms with E-state index in [0.717, 1.165) is 38.4 Å². The van der Waals surface area contributed by atoms with Crippen LogP contribution in [0.15, 0.2) is 83.8 Å². The van der Waals surface area contributed by atoms with Crippen molar-refractivity contribution in [2.24, 2.45) is 0 Å². The van der Waals surface area contributed by atoms with E-state index in [2.05, 4.69) is 5.32 Å². The van der Waals surface area contributed by atoms with Crippen molar-refractivity contribution in [2.75, 3.05) is 23.1 Å². The second kappa shape index (κ2) is 12.1. The third-order valence-electron chi connectivity index (χ3n) is 4.91. The highest BCUT2D eigenvalue weighted by Gasteiger charge is 2.27. The molecular formula is C25H27ClN2O3S2. The number of nitrogens with one attached hydrogen (secondary N) is 1. The van der Waals surface area contributed by atoms with E-state index in [9.17, 15) is 13.2 Å². The van der Waals surface area contributed by atoms with Gasteiger partial charge in [-0.15, -0.1) is 0 Å². The van der Waals surface area contributed by atoms with Gasteiger partial charge in [-0.2, -0.15) is 11.8 Å². The van der Waals surface area contributed by atoms with E-state index in [1.165, 1.54) is 12.1 Å². The molecule has 0 aliphatic heterocycles. The number of nitrogens with zero attached hydrogens (tertiary/aromatic N) is 1. The van der Waals surface area contributed by atoms with Crippen molar-refractivity contribution in [1.29, 1.82) is 0 Å². The average molecular weight is 503 g/mol. The van der Waals surface area contributed by atoms with Crippen molar-refractivity contribution < 1.29 is 13.2 Å². The third-order valence-corrected chi connectivity index (χ3v) is 8.16. The van der Waals surface area contributed by atoms with Crippen molar-refractivity contribution in [3.63, 3.8) is 0 Å². The quantitative estimate of drug-likeness (QED) is 0.362. The number of carbonyl (C=O) groups is 1. The van der Waals surface area contributed by atoms with Crippen molar-refractivity contribution in [3.05, 3.63) is 95.0 Å². The Bertz CT molecular complexity index is 1170. The molecule has 0 aliphatic carbocycles. The number of hydrogen-bond donors (Lipinski definition) is 1. The van der Waals surface area contributed by atoms with E-state index in [0.29, 0.717) is 12.2 Å². The predicted molar refractivity (Wildman–Crippen MR) is 137 cm³/mol. The van der Waals surface area contributed by atoms with Crippen molar-refractivity contribution in [2.45, 2.75) is 24.0 Å². The van der Waals surface area contributed by atoms with Crippen LogP contribution in [0.25, 0.3) is 0 Å². The number of thioether (sulfide) groups is 1. The molecule has 0 heterocycles. The summed E-state index contributed by atoms with van der Waals surface area (Å²) in [5, 5.41) is 3.61. The zero-order chi connectivity index (χ0) is 23.7. The Morgan fingerprint density at radius 1 is 1.00 bits per heavy atom. The summed E-state index contributed by atoms with van der Waals surface area (Å²) in [6.45, 7) is 2.08. The van der Waals surface area contributed by atoms with Crippen LogP contribution < -0.4 is 9.62 Å². The zero-order valence-electron chi connectivity index (χ0n) is 18.4. The minimum Gasteiger partial charge on any atom is -0.354 e. The first-order valence-electron chi connectivity index (χ1n) is 10.6. The lowest BCUT2D eigenvalue weighted by molar-refractivity contribution is -0.119. The van der Waals surface area contributed by atoms with Gasteiger partial charge in [0.2, 0.25) is 5.91 Å². The van der Waals surface area contributed by atoms with E-state index in [1.54, 1.807) is 48.2 Å². The molecule has 33 heavy (non-hydrogen) atoms. The van der Waals surface area contributed by atoms with Gasteiger partial charge in [-0.1, -0.05) is 60.1 Å². The van der Waals surface area contributed by atoms with Gasteiger partial charge in [0.15, 0.2) is 0 Å². The monoisotopic (exact) mass is 502 g/mol. The van der Waals surface area contributed by atoms with Crippen LogP contribution in [0.1, 0.15) is 17.5 Å². The largest absolute Gasteiger partial charge is 0.354 e. The summed E-state index contributed by atoms with van der Waals surface area (Å²) >= 11 is 7.92. The van der Waals surface area contributed by atoms with Crippen LogP contribution in [0.5, 0.6) is 0 Å². The van der Waals surface area contributed by atoms with Crippen LogP contribution in [0, 0.1) is 6.92 Å². The first kappa shape index (κ1) is 25.1. The highest BCUT2D eigenvalue weighted by Crippen LogP contribution is 2.24. The standard InChI is InChI=1S/C25H27ClN2O3S2/c1-20-9-7-11-22(17-20)28(33(30,31)23-12-3-2-4-13-23)18-25(29)27-15-8-16-32-19-21-10-5-6-14-24(21)26/h2-7,9-14,17H,8,15-16,18-19H2,1H3,(H,27,29). The molecule has 0 radical (unpaired) electrons. The van der Waals surface area contributed by atoms with Crippen LogP contribution in [0.3, 0.4) is 0 Å². The maximum atomic E-state index is 13.3. The minimum atomic E-state index is -3.88. The number of amides is 1. The van der Waals surface area contributed by atoms with Gasteiger partial charge in [-0.05, 0) is 60.6 Å². The molecular weight excluding hydrogens is 476 g/mol. The van der Waals surface area contributed by atoms with E-state index >= 15 is 0 Å². The Labute approximate surface area is 205 Å². The van der Waals surface area contributed by atoms with E-state index in [1.807, 2.05) is 37.3 Å². The van der Waals surface area contributed by atoms with Gasteiger partial charge in [0.05, 0.1) is 10.6 Å². The second-order valence-electron chi connectivity index (χ2n) is 7.51. The normalized spacial score (nSPS) is 11.2. The molecule has 0 fully saturated rings. The molecule has 0 saturated carbocycles. The molecule has 3 aromatic rings. The molecule has 8 heteroatoms. The smallest absolute Gasteiger partial charge is 0.264 e. The highest BCUT2D eigenvalue weighted by molar-refractivity contribution is 7.98. The van der Waals surface area contributed by atoms with Gasteiger partial charge in [-0.3, -0.25) is 9.10 Å². The van der Waals surface area contributed by atoms with Gasteiger partial charge < -0.3 is 5.32 Å². The van der Waals surface area contributed by atoms with Crippen molar-refractivity contribution in [1.82, 2.24) is 5.32 Å². The summed E-state index contributed by atoms with van der Waals surface area (Å²) in [4.78, 5) is 12.8. The lowest BCUT2D eigenvalue weighted by Gasteiger charge is -2.24. The van der Waals surface area contributed by atoms with E-state index in [4.69, 9.17) is 11.6 Å². The van der Waals surface area contributed by atoms with Gasteiger partial charge in [-0.25, -0.2) is 8.42 Å². The number of anilines is 1. The number of benzene rings is 3. The molecule has 0 unspecified atom stereocenters. The molecule has 1 amide bonds. The Balaban J connectivity index is 1.57. The first-order chi connectivity index (χ1) is 15.9. The van der Waals surface area contributed by atoms with E-state index < -0.39 is 10.0 Å². The summed E-state index contributed by atoms with van der Waals surface area (Å²) < 4.78 is 27.7. The molecule has 3 aromatic carbocycles. The Morgan fingerprint density at radius 2 is 1.73 bits per heavy atom. The van der Waals surface area contributed by atoms with Gasteiger partial charge >= 0.3 is 0 Å². The van der Waals surface area contributed by atoms with Crippen LogP contribution in [0.4, 0.5) is 5.69 Å². The fraction of sp³-hybridized carbons (Fsp3) is 0.240. The SMILES string of the molecule is Cc1cccc(N(CC(=O)NCCCSCc2ccccc2Cl)S(=O)(=O)c2ccccc2)c1. The first-order valence-corrected chi connectivity index (χ1v) is 13.6. The molecule has 0 saturated heterocycles. The van der Waals surface area contributed by atoms with Crippen molar-refractivity contribution >= 4 is 45.0 Å². The summed E-state index contributed by atoms with van der Waals surface area (Å²) in [7, 11) is -3.88. The average Bonchev–Trinajstić information content (AvgIpc) is 2.81. The molecule has 0 aliphatic rings. The Morgan fingerprint density at radius 3 is 2.45 bits per heavy atom. The number of carbonyl (C=O) groups excluding carboxylic acids is 1. The summed E-state index contributed by atoms with van der Waals surface area (Å²) in [5.41, 5.74) is 2.47. The molecule has 0 bridgehead atoms. The number of hydrogen-bond acceptors (Lipinski definition) is 4. The van der Waals surface area contributed by atoms with E-state index in [-0.39, 0.29) is 17.3 Å². The summed E-state index contributed by atoms with van der Waals surface area (Å²) in [6, 6.07) is 23.0. The maximum Gasteiger partial charge on any atom is 0.264 e. The van der Waals surface area contributed by atoms with Gasteiger partial charge in [0.25, 0.3) is 10.0 Å². The fourth-order valence-corrected chi connectivity index (χ4v) is 5.88. The number of rotatable bonds is 11. The molecule has 174 valence electrons. The lowest BCUT2D eigenvalue weighted by Crippen LogP contribution is -2.41. The fourth-order valence-electron chi connectivity index (χ4n) is 3.20. The number of sulfonamides is 1. The highest BCUT2D eigenvalue weighted by atomic mass is 35.5. The maximum absolute atomic E-state index is 13.3. The predicted octanol–water partition coefficient (Wildman–Crippen LogP) is 5.28. The molecule has 1 N–H and O–H groups in total. The van der Waals surface area contributed by atoms with Crippen molar-refractivity contribution in [3.8, 4) is 0 Å². The summed E-state index contributed by atoms with van der Waals surface area (Å²) in [6.07, 6.45) is 0.775. The summed E-state index contributed by atoms with van der Waals surface area (Å²) in [5.74, 6) is 1.33. The lowest BCUT2D eigenvalue weighted by atomic mass is 10.2. The third kappa shape index (κ3) is 7.25. The van der Waals surface area contributed by atoms with Crippen LogP contribution in [0.2, 0.25) is 5.02 Å². The Kier molecular flexibility index (Phi) is 9.23. The molecule has 3 rings (SSSR count). The number of halogens is 1. The second-order valence-corrected chi connectivity index (χ2v) is 10.9. The van der Waals surface area contributed by atoms with Gasteiger partial charge in [0.1, 0.15) is 6.54 Å². The minimum absolute atomic E-state index is 0.148. The van der Waals surface area contributed by atoms with Gasteiger partial charge in [0, 0.05) is 17.3 Å². The molecule has 0 atom stereocenters. The van der Waals surface area contributed by atoms with Crippen LogP contribution >= 0.6 is 23.4 Å². The Hall–Kier alpha value is -2.48. The zero-order valence-corrected chi connectivity index (χ0v) is 20.8. The number of aryl methyl sites for hydroxylation is 1. The molecule has 0 spiro atoms. The molecule has 5 nitrogen and oxygen atoms in total.